The molecule has 0 atom stereocenters. The minimum atomic E-state index is -0.222. The first-order valence-electron chi connectivity index (χ1n) is 5.46. The third-order valence-corrected chi connectivity index (χ3v) is 2.83. The second-order valence-corrected chi connectivity index (χ2v) is 4.12. The number of H-pyrrole nitrogens is 2. The Morgan fingerprint density at radius 2 is 2.35 bits per heavy atom. The van der Waals surface area contributed by atoms with E-state index in [2.05, 4.69) is 21.0 Å². The fourth-order valence-corrected chi connectivity index (χ4v) is 1.76. The quantitative estimate of drug-likeness (QED) is 0.758. The van der Waals surface area contributed by atoms with Crippen molar-refractivity contribution in [2.24, 2.45) is 0 Å². The molecule has 2 aromatic rings. The molecule has 2 N–H and O–H groups in total. The number of hydrogen-bond acceptors (Lipinski definition) is 3. The largest absolute Gasteiger partial charge is 0.354 e. The second-order valence-electron chi connectivity index (χ2n) is 4.12. The minimum absolute atomic E-state index is 0.222. The van der Waals surface area contributed by atoms with Crippen LogP contribution < -0.4 is 5.56 Å². The van der Waals surface area contributed by atoms with Crippen molar-refractivity contribution in [3.8, 4) is 6.07 Å². The van der Waals surface area contributed by atoms with Crippen molar-refractivity contribution in [3.63, 3.8) is 0 Å². The summed E-state index contributed by atoms with van der Waals surface area (Å²) in [6.45, 7) is 0. The van der Waals surface area contributed by atoms with Gasteiger partial charge in [0.25, 0.3) is 5.56 Å². The molecule has 5 heteroatoms. The smallest absolute Gasteiger partial charge is 0.275 e. The van der Waals surface area contributed by atoms with E-state index in [-0.39, 0.29) is 5.56 Å². The van der Waals surface area contributed by atoms with Gasteiger partial charge in [-0.25, -0.2) is 4.98 Å². The molecule has 1 aliphatic carbocycles. The number of nitrogens with one attached hydrogen (secondary N) is 2. The van der Waals surface area contributed by atoms with Gasteiger partial charge in [0, 0.05) is 12.6 Å². The van der Waals surface area contributed by atoms with Crippen LogP contribution in [0.1, 0.15) is 24.2 Å². The molecule has 1 fully saturated rings. The lowest BCUT2D eigenvalue weighted by atomic mass is 10.3. The van der Waals surface area contributed by atoms with Crippen LogP contribution in [0.3, 0.4) is 0 Å². The summed E-state index contributed by atoms with van der Waals surface area (Å²) in [5, 5.41) is 8.90. The van der Waals surface area contributed by atoms with Gasteiger partial charge in [-0.05, 0) is 12.8 Å². The van der Waals surface area contributed by atoms with Crippen molar-refractivity contribution >= 4 is 11.0 Å². The molecule has 2 heterocycles. The summed E-state index contributed by atoms with van der Waals surface area (Å²) >= 11 is 0. The van der Waals surface area contributed by atoms with E-state index in [4.69, 9.17) is 5.26 Å². The molecule has 17 heavy (non-hydrogen) atoms. The van der Waals surface area contributed by atoms with Gasteiger partial charge in [-0.1, -0.05) is 11.6 Å². The van der Waals surface area contributed by atoms with E-state index in [9.17, 15) is 4.79 Å². The van der Waals surface area contributed by atoms with Gasteiger partial charge in [-0.15, -0.1) is 0 Å². The summed E-state index contributed by atoms with van der Waals surface area (Å²) in [6.07, 6.45) is 6.52. The van der Waals surface area contributed by atoms with Crippen LogP contribution in [-0.2, 0) is 6.42 Å². The first kappa shape index (κ1) is 9.85. The van der Waals surface area contributed by atoms with E-state index in [0.717, 1.165) is 12.8 Å². The van der Waals surface area contributed by atoms with Crippen LogP contribution in [-0.4, -0.2) is 15.0 Å². The number of aromatic amines is 2. The van der Waals surface area contributed by atoms with Gasteiger partial charge in [0.05, 0.1) is 5.56 Å². The van der Waals surface area contributed by atoms with Gasteiger partial charge in [0.2, 0.25) is 0 Å². The van der Waals surface area contributed by atoms with Gasteiger partial charge in [-0.2, -0.15) is 5.26 Å². The van der Waals surface area contributed by atoms with Gasteiger partial charge in [-0.3, -0.25) is 4.79 Å². The Hall–Kier alpha value is -2.35. The fourth-order valence-electron chi connectivity index (χ4n) is 1.76. The molecule has 84 valence electrons. The van der Waals surface area contributed by atoms with E-state index < -0.39 is 0 Å². The predicted octanol–water partition coefficient (Wildman–Crippen LogP) is 1.39. The SMILES string of the molecule is N#Cc1c[nH]c2c(=O)[nH]c(CC=C3CC3)nc12. The summed E-state index contributed by atoms with van der Waals surface area (Å²) in [4.78, 5) is 21.5. The molecule has 0 unspecified atom stereocenters. The average molecular weight is 226 g/mol. The lowest BCUT2D eigenvalue weighted by Gasteiger charge is -1.96. The number of nitrogens with zero attached hydrogens (tertiary/aromatic N) is 2. The maximum Gasteiger partial charge on any atom is 0.275 e. The highest BCUT2D eigenvalue weighted by Gasteiger charge is 2.12. The Balaban J connectivity index is 2.11. The second kappa shape index (κ2) is 3.59. The summed E-state index contributed by atoms with van der Waals surface area (Å²) < 4.78 is 0. The van der Waals surface area contributed by atoms with E-state index in [1.54, 1.807) is 0 Å². The van der Waals surface area contributed by atoms with Crippen molar-refractivity contribution in [2.75, 3.05) is 0 Å². The number of nitriles is 1. The Bertz CT molecular complexity index is 708. The maximum atomic E-state index is 11.7. The molecular formula is C12H10N4O. The molecule has 5 nitrogen and oxygen atoms in total. The molecule has 0 saturated heterocycles. The first-order chi connectivity index (χ1) is 8.28. The van der Waals surface area contributed by atoms with Gasteiger partial charge in [0.15, 0.2) is 0 Å². The monoisotopic (exact) mass is 226 g/mol. The van der Waals surface area contributed by atoms with Crippen molar-refractivity contribution in [2.45, 2.75) is 19.3 Å². The van der Waals surface area contributed by atoms with Crippen LogP contribution in [0.2, 0.25) is 0 Å². The molecule has 2 aromatic heterocycles. The highest BCUT2D eigenvalue weighted by atomic mass is 16.1. The lowest BCUT2D eigenvalue weighted by molar-refractivity contribution is 0.990. The molecule has 0 bridgehead atoms. The average Bonchev–Trinajstić information content (AvgIpc) is 3.06. The molecule has 0 aliphatic heterocycles. The van der Waals surface area contributed by atoms with Crippen LogP contribution in [0, 0.1) is 11.3 Å². The van der Waals surface area contributed by atoms with Gasteiger partial charge >= 0.3 is 0 Å². The van der Waals surface area contributed by atoms with E-state index in [1.807, 2.05) is 6.07 Å². The molecule has 1 aliphatic rings. The van der Waals surface area contributed by atoms with Crippen molar-refractivity contribution in [3.05, 3.63) is 39.6 Å². The number of rotatable bonds is 2. The van der Waals surface area contributed by atoms with Gasteiger partial charge < -0.3 is 9.97 Å². The minimum Gasteiger partial charge on any atom is -0.354 e. The Labute approximate surface area is 96.8 Å². The highest BCUT2D eigenvalue weighted by Crippen LogP contribution is 2.27. The van der Waals surface area contributed by atoms with Crippen LogP contribution in [0.15, 0.2) is 22.6 Å². The molecule has 0 amide bonds. The third kappa shape index (κ3) is 1.74. The van der Waals surface area contributed by atoms with Crippen LogP contribution in [0.4, 0.5) is 0 Å². The van der Waals surface area contributed by atoms with E-state index >= 15 is 0 Å². The number of fused-ring (bicyclic) bond motifs is 1. The lowest BCUT2D eigenvalue weighted by Crippen LogP contribution is -2.11. The number of hydrogen-bond donors (Lipinski definition) is 2. The van der Waals surface area contributed by atoms with E-state index in [0.29, 0.717) is 28.8 Å². The molecule has 0 aromatic carbocycles. The zero-order chi connectivity index (χ0) is 11.8. The Morgan fingerprint density at radius 1 is 1.53 bits per heavy atom. The standard InChI is InChI=1S/C12H10N4O/c13-5-8-6-14-11-10(8)15-9(16-12(11)17)4-3-7-1-2-7/h3,6,14H,1-2,4H2,(H,15,16,17). The van der Waals surface area contributed by atoms with Crippen LogP contribution in [0.25, 0.3) is 11.0 Å². The summed E-state index contributed by atoms with van der Waals surface area (Å²) in [6, 6.07) is 2.02. The van der Waals surface area contributed by atoms with Crippen molar-refractivity contribution < 1.29 is 0 Å². The fraction of sp³-hybridized carbons (Fsp3) is 0.250. The Morgan fingerprint density at radius 3 is 3.06 bits per heavy atom. The van der Waals surface area contributed by atoms with Crippen LogP contribution in [0.5, 0.6) is 0 Å². The number of allylic oxidation sites excluding steroid dienone is 2. The highest BCUT2D eigenvalue weighted by molar-refractivity contribution is 5.80. The molecule has 0 spiro atoms. The third-order valence-electron chi connectivity index (χ3n) is 2.83. The van der Waals surface area contributed by atoms with Crippen molar-refractivity contribution in [1.29, 1.82) is 5.26 Å². The summed E-state index contributed by atoms with van der Waals surface area (Å²) in [7, 11) is 0. The van der Waals surface area contributed by atoms with Crippen molar-refractivity contribution in [1.82, 2.24) is 15.0 Å². The summed E-state index contributed by atoms with van der Waals surface area (Å²) in [5.74, 6) is 0.609. The normalized spacial score (nSPS) is 13.7. The molecule has 3 rings (SSSR count). The molecule has 0 radical (unpaired) electrons. The number of aromatic nitrogens is 3. The predicted molar refractivity (Wildman–Crippen MR) is 62.5 cm³/mol. The zero-order valence-corrected chi connectivity index (χ0v) is 9.08. The van der Waals surface area contributed by atoms with Crippen LogP contribution >= 0.6 is 0 Å². The Kier molecular flexibility index (Phi) is 2.08. The first-order valence-corrected chi connectivity index (χ1v) is 5.46. The zero-order valence-electron chi connectivity index (χ0n) is 9.08. The topological polar surface area (TPSA) is 85.3 Å². The van der Waals surface area contributed by atoms with E-state index in [1.165, 1.54) is 11.8 Å². The summed E-state index contributed by atoms with van der Waals surface area (Å²) in [5.41, 5.74) is 2.42. The molecular weight excluding hydrogens is 216 g/mol. The van der Waals surface area contributed by atoms with Gasteiger partial charge in [0.1, 0.15) is 22.9 Å². The maximum absolute atomic E-state index is 11.7. The molecule has 1 saturated carbocycles.